The van der Waals surface area contributed by atoms with Crippen LogP contribution in [0, 0.1) is 5.92 Å². The zero-order valence-corrected chi connectivity index (χ0v) is 11.5. The molecule has 2 aliphatic rings. The number of nitrogens with two attached hydrogens (primary N) is 1. The molecule has 0 bridgehead atoms. The molecule has 0 aromatic rings. The van der Waals surface area contributed by atoms with Gasteiger partial charge in [0.1, 0.15) is 0 Å². The van der Waals surface area contributed by atoms with Crippen LogP contribution in [0.2, 0.25) is 0 Å². The van der Waals surface area contributed by atoms with Gasteiger partial charge in [0.2, 0.25) is 0 Å². The van der Waals surface area contributed by atoms with Crippen molar-refractivity contribution >= 4 is 0 Å². The molecule has 0 amide bonds. The Bertz CT molecular complexity index is 217. The molecule has 0 spiro atoms. The summed E-state index contributed by atoms with van der Waals surface area (Å²) in [6, 6.07) is 0.728. The van der Waals surface area contributed by atoms with Crippen LogP contribution in [-0.2, 0) is 0 Å². The van der Waals surface area contributed by atoms with Crippen molar-refractivity contribution in [3.8, 4) is 0 Å². The minimum Gasteiger partial charge on any atom is -0.329 e. The number of nitrogens with one attached hydrogen (secondary N) is 1. The fraction of sp³-hybridized carbons (Fsp3) is 1.00. The minimum absolute atomic E-state index is 0.195. The Kier molecular flexibility index (Phi) is 4.87. The van der Waals surface area contributed by atoms with Gasteiger partial charge in [-0.3, -0.25) is 0 Å². The second-order valence-corrected chi connectivity index (χ2v) is 6.60. The van der Waals surface area contributed by atoms with Gasteiger partial charge >= 0.3 is 0 Å². The molecule has 2 heteroatoms. The molecule has 2 fully saturated rings. The van der Waals surface area contributed by atoms with Crippen LogP contribution in [0.3, 0.4) is 0 Å². The van der Waals surface area contributed by atoms with Gasteiger partial charge in [0, 0.05) is 18.1 Å². The summed E-state index contributed by atoms with van der Waals surface area (Å²) in [6.07, 6.45) is 14.0. The summed E-state index contributed by atoms with van der Waals surface area (Å²) >= 11 is 0. The van der Waals surface area contributed by atoms with Crippen molar-refractivity contribution in [3.05, 3.63) is 0 Å². The Morgan fingerprint density at radius 3 is 2.12 bits per heavy atom. The minimum atomic E-state index is 0.195. The summed E-state index contributed by atoms with van der Waals surface area (Å²) in [4.78, 5) is 0. The second kappa shape index (κ2) is 6.19. The van der Waals surface area contributed by atoms with Gasteiger partial charge in [0.05, 0.1) is 0 Å². The Balaban J connectivity index is 1.82. The molecular formula is C15H30N2. The Morgan fingerprint density at radius 2 is 1.65 bits per heavy atom. The maximum absolute atomic E-state index is 6.03. The van der Waals surface area contributed by atoms with Crippen molar-refractivity contribution in [1.29, 1.82) is 0 Å². The highest BCUT2D eigenvalue weighted by Gasteiger charge is 2.31. The van der Waals surface area contributed by atoms with E-state index >= 15 is 0 Å². The molecule has 2 saturated carbocycles. The van der Waals surface area contributed by atoms with E-state index in [2.05, 4.69) is 12.2 Å². The van der Waals surface area contributed by atoms with Crippen molar-refractivity contribution in [2.24, 2.45) is 11.7 Å². The molecule has 100 valence electrons. The van der Waals surface area contributed by atoms with Gasteiger partial charge in [-0.25, -0.2) is 0 Å². The molecule has 0 saturated heterocycles. The maximum atomic E-state index is 6.03. The molecule has 0 aromatic carbocycles. The lowest BCUT2D eigenvalue weighted by Gasteiger charge is -2.39. The maximum Gasteiger partial charge on any atom is 0.0280 e. The van der Waals surface area contributed by atoms with E-state index in [-0.39, 0.29) is 5.54 Å². The molecule has 0 aromatic heterocycles. The van der Waals surface area contributed by atoms with E-state index in [0.29, 0.717) is 0 Å². The monoisotopic (exact) mass is 238 g/mol. The number of hydrogen-bond donors (Lipinski definition) is 2. The molecule has 0 aliphatic heterocycles. The van der Waals surface area contributed by atoms with Crippen LogP contribution in [-0.4, -0.2) is 18.1 Å². The van der Waals surface area contributed by atoms with Crippen molar-refractivity contribution in [1.82, 2.24) is 5.32 Å². The van der Waals surface area contributed by atoms with E-state index < -0.39 is 0 Å². The highest BCUT2D eigenvalue weighted by molar-refractivity contribution is 4.91. The van der Waals surface area contributed by atoms with Gasteiger partial charge in [0.25, 0.3) is 0 Å². The lowest BCUT2D eigenvalue weighted by molar-refractivity contribution is 0.189. The first kappa shape index (κ1) is 13.4. The third-order valence-corrected chi connectivity index (χ3v) is 4.82. The molecular weight excluding hydrogens is 208 g/mol. The lowest BCUT2D eigenvalue weighted by atomic mass is 9.76. The van der Waals surface area contributed by atoms with Crippen LogP contribution in [0.15, 0.2) is 0 Å². The first-order chi connectivity index (χ1) is 8.22. The van der Waals surface area contributed by atoms with Crippen molar-refractivity contribution < 1.29 is 0 Å². The normalized spacial score (nSPS) is 27.2. The summed E-state index contributed by atoms with van der Waals surface area (Å²) in [5.74, 6) is 0.946. The van der Waals surface area contributed by atoms with Crippen molar-refractivity contribution in [2.75, 3.05) is 6.54 Å². The molecule has 17 heavy (non-hydrogen) atoms. The van der Waals surface area contributed by atoms with Crippen LogP contribution in [0.4, 0.5) is 0 Å². The summed E-state index contributed by atoms with van der Waals surface area (Å²) in [5.41, 5.74) is 6.22. The van der Waals surface area contributed by atoms with Crippen LogP contribution >= 0.6 is 0 Å². The summed E-state index contributed by atoms with van der Waals surface area (Å²) < 4.78 is 0. The van der Waals surface area contributed by atoms with Gasteiger partial charge in [-0.15, -0.1) is 0 Å². The molecule has 2 aliphatic carbocycles. The van der Waals surface area contributed by atoms with E-state index in [4.69, 9.17) is 5.73 Å². The van der Waals surface area contributed by atoms with Gasteiger partial charge in [0.15, 0.2) is 0 Å². The molecule has 3 N–H and O–H groups in total. The van der Waals surface area contributed by atoms with E-state index in [1.807, 2.05) is 0 Å². The zero-order chi connectivity index (χ0) is 12.1. The second-order valence-electron chi connectivity index (χ2n) is 6.60. The molecule has 2 nitrogen and oxygen atoms in total. The third-order valence-electron chi connectivity index (χ3n) is 4.82. The quantitative estimate of drug-likeness (QED) is 0.722. The van der Waals surface area contributed by atoms with Gasteiger partial charge in [-0.2, -0.15) is 0 Å². The van der Waals surface area contributed by atoms with Gasteiger partial charge < -0.3 is 11.1 Å². The Morgan fingerprint density at radius 1 is 1.00 bits per heavy atom. The lowest BCUT2D eigenvalue weighted by Crippen LogP contribution is -2.54. The van der Waals surface area contributed by atoms with E-state index in [1.54, 1.807) is 0 Å². The Hall–Kier alpha value is -0.0800. The van der Waals surface area contributed by atoms with Crippen LogP contribution in [0.5, 0.6) is 0 Å². The average molecular weight is 238 g/mol. The summed E-state index contributed by atoms with van der Waals surface area (Å²) in [6.45, 7) is 3.14. The fourth-order valence-electron chi connectivity index (χ4n) is 3.45. The highest BCUT2D eigenvalue weighted by atomic mass is 15.0. The largest absolute Gasteiger partial charge is 0.329 e. The Labute approximate surface area is 107 Å². The SMILES string of the molecule is CC(CN)(CC1CCC1)NC1CCCCCC1. The molecule has 0 radical (unpaired) electrons. The van der Waals surface area contributed by atoms with Crippen LogP contribution < -0.4 is 11.1 Å². The summed E-state index contributed by atoms with van der Waals surface area (Å²) in [7, 11) is 0. The molecule has 2 rings (SSSR count). The predicted molar refractivity (Wildman–Crippen MR) is 74.0 cm³/mol. The number of hydrogen-bond acceptors (Lipinski definition) is 2. The van der Waals surface area contributed by atoms with Crippen LogP contribution in [0.25, 0.3) is 0 Å². The van der Waals surface area contributed by atoms with Gasteiger partial charge in [-0.1, -0.05) is 44.9 Å². The van der Waals surface area contributed by atoms with E-state index in [9.17, 15) is 0 Å². The van der Waals surface area contributed by atoms with Crippen LogP contribution in [0.1, 0.15) is 71.1 Å². The van der Waals surface area contributed by atoms with Gasteiger partial charge in [-0.05, 0) is 32.1 Å². The first-order valence-corrected chi connectivity index (χ1v) is 7.70. The highest BCUT2D eigenvalue weighted by Crippen LogP contribution is 2.34. The van der Waals surface area contributed by atoms with Crippen molar-refractivity contribution in [3.63, 3.8) is 0 Å². The molecule has 0 heterocycles. The fourth-order valence-corrected chi connectivity index (χ4v) is 3.45. The average Bonchev–Trinajstić information content (AvgIpc) is 2.52. The molecule has 1 unspecified atom stereocenters. The molecule has 1 atom stereocenters. The van der Waals surface area contributed by atoms with E-state index in [1.165, 1.54) is 64.2 Å². The van der Waals surface area contributed by atoms with E-state index in [0.717, 1.165) is 18.5 Å². The third kappa shape index (κ3) is 3.96. The topological polar surface area (TPSA) is 38.0 Å². The summed E-state index contributed by atoms with van der Waals surface area (Å²) in [5, 5.41) is 3.90. The smallest absolute Gasteiger partial charge is 0.0280 e. The standard InChI is InChI=1S/C15H30N2/c1-15(12-16,11-13-7-6-8-13)17-14-9-4-2-3-5-10-14/h13-14,17H,2-12,16H2,1H3. The first-order valence-electron chi connectivity index (χ1n) is 7.70. The number of rotatable bonds is 5. The van der Waals surface area contributed by atoms with Crippen molar-refractivity contribution in [2.45, 2.75) is 82.7 Å². The predicted octanol–water partition coefficient (Wildman–Crippen LogP) is 3.21. The zero-order valence-electron chi connectivity index (χ0n) is 11.5.